The summed E-state index contributed by atoms with van der Waals surface area (Å²) < 4.78 is 7.63. The first-order chi connectivity index (χ1) is 8.22. The van der Waals surface area contributed by atoms with Crippen molar-refractivity contribution >= 4 is 22.7 Å². The minimum absolute atomic E-state index is 0. The van der Waals surface area contributed by atoms with E-state index in [0.29, 0.717) is 10.9 Å². The molecule has 0 saturated heterocycles. The standard InChI is InChI=1S/C13H10ClN2O.HI/c1-16-6-4-9(5-7-16)13-15-11-8-10(14)2-3-12(11)17-13;/h2-8H,1H3;1H/q+1;/p-1. The summed E-state index contributed by atoms with van der Waals surface area (Å²) >= 11 is 5.91. The van der Waals surface area contributed by atoms with Crippen LogP contribution in [0.4, 0.5) is 0 Å². The van der Waals surface area contributed by atoms with Crippen LogP contribution in [0, 0.1) is 0 Å². The highest BCUT2D eigenvalue weighted by atomic mass is 127. The Labute approximate surface area is 126 Å². The Balaban J connectivity index is 0.00000120. The lowest BCUT2D eigenvalue weighted by Crippen LogP contribution is -3.00. The molecule has 0 atom stereocenters. The summed E-state index contributed by atoms with van der Waals surface area (Å²) in [5, 5.41) is 0.664. The molecule has 0 aliphatic rings. The van der Waals surface area contributed by atoms with E-state index in [9.17, 15) is 0 Å². The Kier molecular flexibility index (Phi) is 3.87. The van der Waals surface area contributed by atoms with Gasteiger partial charge in [0.1, 0.15) is 12.6 Å². The lowest BCUT2D eigenvalue weighted by atomic mass is 10.3. The highest BCUT2D eigenvalue weighted by Gasteiger charge is 2.09. The van der Waals surface area contributed by atoms with Crippen molar-refractivity contribution in [3.63, 3.8) is 0 Å². The molecule has 0 saturated carbocycles. The van der Waals surface area contributed by atoms with Crippen LogP contribution in [0.5, 0.6) is 0 Å². The molecule has 0 bridgehead atoms. The van der Waals surface area contributed by atoms with Crippen molar-refractivity contribution in [1.82, 2.24) is 4.98 Å². The number of rotatable bonds is 1. The first-order valence-corrected chi connectivity index (χ1v) is 5.62. The first-order valence-electron chi connectivity index (χ1n) is 5.24. The molecule has 1 aromatic carbocycles. The van der Waals surface area contributed by atoms with Crippen LogP contribution < -0.4 is 28.5 Å². The SMILES string of the molecule is C[n+]1ccc(-c2nc3cc(Cl)ccc3o2)cc1.[I-]. The van der Waals surface area contributed by atoms with Crippen LogP contribution in [0.15, 0.2) is 47.1 Å². The van der Waals surface area contributed by atoms with E-state index in [0.717, 1.165) is 16.7 Å². The van der Waals surface area contributed by atoms with E-state index in [4.69, 9.17) is 16.0 Å². The first kappa shape index (κ1) is 13.3. The Hall–Kier alpha value is -1.14. The highest BCUT2D eigenvalue weighted by Crippen LogP contribution is 2.25. The maximum absolute atomic E-state index is 5.91. The fourth-order valence-corrected chi connectivity index (χ4v) is 1.83. The number of fused-ring (bicyclic) bond motifs is 1. The van der Waals surface area contributed by atoms with E-state index in [1.807, 2.05) is 42.2 Å². The molecule has 92 valence electrons. The largest absolute Gasteiger partial charge is 1.00 e. The normalized spacial score (nSPS) is 10.3. The van der Waals surface area contributed by atoms with Crippen LogP contribution in [0.3, 0.4) is 0 Å². The second-order valence-electron chi connectivity index (χ2n) is 3.88. The number of aryl methyl sites for hydroxylation is 1. The number of oxazole rings is 1. The number of halogens is 2. The third-order valence-electron chi connectivity index (χ3n) is 2.58. The van der Waals surface area contributed by atoms with Gasteiger partial charge in [0.15, 0.2) is 18.0 Å². The van der Waals surface area contributed by atoms with Crippen LogP contribution in [-0.4, -0.2) is 4.98 Å². The molecule has 5 heteroatoms. The summed E-state index contributed by atoms with van der Waals surface area (Å²) in [4.78, 5) is 4.41. The van der Waals surface area contributed by atoms with Crippen molar-refractivity contribution in [3.8, 4) is 11.5 Å². The molecule has 18 heavy (non-hydrogen) atoms. The number of nitrogens with zero attached hydrogens (tertiary/aromatic N) is 2. The van der Waals surface area contributed by atoms with Crippen molar-refractivity contribution in [2.45, 2.75) is 0 Å². The van der Waals surface area contributed by atoms with Crippen LogP contribution in [0.25, 0.3) is 22.6 Å². The summed E-state index contributed by atoms with van der Waals surface area (Å²) in [7, 11) is 1.97. The maximum Gasteiger partial charge on any atom is 0.227 e. The Morgan fingerprint density at radius 3 is 2.61 bits per heavy atom. The summed E-state index contributed by atoms with van der Waals surface area (Å²) in [5.41, 5.74) is 2.48. The molecule has 2 aromatic heterocycles. The average Bonchev–Trinajstić information content (AvgIpc) is 2.72. The molecule has 0 amide bonds. The predicted octanol–water partition coefficient (Wildman–Crippen LogP) is -0.0233. The molecule has 3 aromatic rings. The topological polar surface area (TPSA) is 29.9 Å². The minimum Gasteiger partial charge on any atom is -1.00 e. The lowest BCUT2D eigenvalue weighted by Gasteiger charge is -1.91. The predicted molar refractivity (Wildman–Crippen MR) is 65.6 cm³/mol. The van der Waals surface area contributed by atoms with Gasteiger partial charge in [0.2, 0.25) is 5.89 Å². The summed E-state index contributed by atoms with van der Waals surface area (Å²) in [5.74, 6) is 0.614. The Bertz CT molecular complexity index is 679. The van der Waals surface area contributed by atoms with Crippen LogP contribution in [-0.2, 0) is 7.05 Å². The fourth-order valence-electron chi connectivity index (χ4n) is 1.67. The third-order valence-corrected chi connectivity index (χ3v) is 2.81. The number of hydrogen-bond acceptors (Lipinski definition) is 2. The summed E-state index contributed by atoms with van der Waals surface area (Å²) in [6, 6.07) is 9.35. The minimum atomic E-state index is 0. The van der Waals surface area contributed by atoms with Gasteiger partial charge in [0.05, 0.1) is 0 Å². The van der Waals surface area contributed by atoms with Gasteiger partial charge in [0, 0.05) is 22.7 Å². The van der Waals surface area contributed by atoms with Gasteiger partial charge in [-0.1, -0.05) is 11.6 Å². The smallest absolute Gasteiger partial charge is 0.227 e. The molecule has 2 heterocycles. The zero-order valence-electron chi connectivity index (χ0n) is 9.60. The van der Waals surface area contributed by atoms with Crippen molar-refractivity contribution < 1.29 is 33.0 Å². The zero-order valence-corrected chi connectivity index (χ0v) is 12.5. The molecule has 0 radical (unpaired) electrons. The quantitative estimate of drug-likeness (QED) is 0.444. The van der Waals surface area contributed by atoms with Gasteiger partial charge >= 0.3 is 0 Å². The molecule has 3 nitrogen and oxygen atoms in total. The van der Waals surface area contributed by atoms with Crippen LogP contribution in [0.1, 0.15) is 0 Å². The highest BCUT2D eigenvalue weighted by molar-refractivity contribution is 6.31. The third kappa shape index (κ3) is 2.49. The summed E-state index contributed by atoms with van der Waals surface area (Å²) in [6.07, 6.45) is 3.91. The molecule has 0 aliphatic heterocycles. The van der Waals surface area contributed by atoms with Crippen molar-refractivity contribution in [2.24, 2.45) is 7.05 Å². The van der Waals surface area contributed by atoms with Gasteiger partial charge in [-0.25, -0.2) is 9.55 Å². The Morgan fingerprint density at radius 2 is 1.89 bits per heavy atom. The zero-order chi connectivity index (χ0) is 11.8. The maximum atomic E-state index is 5.91. The van der Waals surface area contributed by atoms with E-state index < -0.39 is 0 Å². The monoisotopic (exact) mass is 372 g/mol. The fraction of sp³-hybridized carbons (Fsp3) is 0.0769. The van der Waals surface area contributed by atoms with E-state index in [-0.39, 0.29) is 24.0 Å². The molecular weight excluding hydrogens is 363 g/mol. The summed E-state index contributed by atoms with van der Waals surface area (Å²) in [6.45, 7) is 0. The van der Waals surface area contributed by atoms with Gasteiger partial charge in [-0.2, -0.15) is 0 Å². The van der Waals surface area contributed by atoms with E-state index in [1.165, 1.54) is 0 Å². The van der Waals surface area contributed by atoms with Crippen LogP contribution >= 0.6 is 11.6 Å². The van der Waals surface area contributed by atoms with Crippen molar-refractivity contribution in [2.75, 3.05) is 0 Å². The van der Waals surface area contributed by atoms with Gasteiger partial charge in [0.25, 0.3) is 0 Å². The van der Waals surface area contributed by atoms with Gasteiger partial charge in [-0.3, -0.25) is 0 Å². The lowest BCUT2D eigenvalue weighted by molar-refractivity contribution is -0.671. The number of benzene rings is 1. The molecular formula is C13H10ClIN2O. The van der Waals surface area contributed by atoms with Crippen molar-refractivity contribution in [3.05, 3.63) is 47.7 Å². The van der Waals surface area contributed by atoms with Crippen molar-refractivity contribution in [1.29, 1.82) is 0 Å². The number of aromatic nitrogens is 2. The molecule has 0 spiro atoms. The van der Waals surface area contributed by atoms with E-state index in [1.54, 1.807) is 12.1 Å². The molecule has 0 N–H and O–H groups in total. The average molecular weight is 373 g/mol. The molecule has 0 fully saturated rings. The Morgan fingerprint density at radius 1 is 1.17 bits per heavy atom. The van der Waals surface area contributed by atoms with Crippen LogP contribution in [0.2, 0.25) is 5.02 Å². The van der Waals surface area contributed by atoms with Gasteiger partial charge in [-0.05, 0) is 18.2 Å². The molecule has 0 unspecified atom stereocenters. The molecule has 0 aliphatic carbocycles. The number of pyridine rings is 1. The van der Waals surface area contributed by atoms with E-state index >= 15 is 0 Å². The van der Waals surface area contributed by atoms with Gasteiger partial charge < -0.3 is 28.4 Å². The molecule has 3 rings (SSSR count). The van der Waals surface area contributed by atoms with Gasteiger partial charge in [-0.15, -0.1) is 0 Å². The van der Waals surface area contributed by atoms with E-state index in [2.05, 4.69) is 4.98 Å². The number of hydrogen-bond donors (Lipinski definition) is 0. The second kappa shape index (κ2) is 5.24. The second-order valence-corrected chi connectivity index (χ2v) is 4.32.